The molecule has 0 bridgehead atoms. The zero-order valence-corrected chi connectivity index (χ0v) is 14.9. The quantitative estimate of drug-likeness (QED) is 0.741. The minimum Gasteiger partial charge on any atom is -0.410 e. The van der Waals surface area contributed by atoms with E-state index in [0.29, 0.717) is 6.67 Å². The van der Waals surface area contributed by atoms with Gasteiger partial charge < -0.3 is 18.9 Å². The number of carbonyl (C=O) groups excluding carboxylic acids is 1. The average molecular weight is 338 g/mol. The van der Waals surface area contributed by atoms with Gasteiger partial charge in [-0.15, -0.1) is 11.3 Å². The van der Waals surface area contributed by atoms with Crippen LogP contribution in [0.1, 0.15) is 29.1 Å². The number of hydrogen-bond acceptors (Lipinski definition) is 6. The number of amides is 1. The Hall–Kier alpha value is -0.925. The van der Waals surface area contributed by atoms with Crippen LogP contribution in [-0.2, 0) is 19.6 Å². The van der Waals surface area contributed by atoms with E-state index in [4.69, 9.17) is 14.0 Å². The SMILES string of the molecule is COB(OC)c1cc2c(s1)C(C)(C)N(CN1CCOCC1)C2=O. The number of ether oxygens (including phenoxy) is 1. The lowest BCUT2D eigenvalue weighted by atomic mass is 9.87. The van der Waals surface area contributed by atoms with E-state index in [9.17, 15) is 4.79 Å². The molecule has 23 heavy (non-hydrogen) atoms. The summed E-state index contributed by atoms with van der Waals surface area (Å²) in [5, 5.41) is 0. The fourth-order valence-electron chi connectivity index (χ4n) is 3.17. The van der Waals surface area contributed by atoms with E-state index in [-0.39, 0.29) is 11.4 Å². The first kappa shape index (κ1) is 16.9. The summed E-state index contributed by atoms with van der Waals surface area (Å²) in [4.78, 5) is 18.2. The van der Waals surface area contributed by atoms with Crippen molar-refractivity contribution in [2.24, 2.45) is 0 Å². The lowest BCUT2D eigenvalue weighted by Gasteiger charge is -2.37. The monoisotopic (exact) mass is 338 g/mol. The topological polar surface area (TPSA) is 51.2 Å². The molecule has 1 fully saturated rings. The van der Waals surface area contributed by atoms with Crippen LogP contribution in [0, 0.1) is 0 Å². The first-order chi connectivity index (χ1) is 11.0. The molecule has 0 aromatic carbocycles. The van der Waals surface area contributed by atoms with E-state index in [0.717, 1.165) is 41.5 Å². The lowest BCUT2D eigenvalue weighted by Crippen LogP contribution is -2.49. The van der Waals surface area contributed by atoms with Crippen LogP contribution in [0.25, 0.3) is 0 Å². The summed E-state index contributed by atoms with van der Waals surface area (Å²) in [5.74, 6) is 0.0879. The Labute approximate surface area is 141 Å². The molecule has 6 nitrogen and oxygen atoms in total. The number of rotatable bonds is 5. The average Bonchev–Trinajstić information content (AvgIpc) is 3.05. The van der Waals surface area contributed by atoms with Gasteiger partial charge in [0.15, 0.2) is 0 Å². The van der Waals surface area contributed by atoms with Crippen LogP contribution in [0.2, 0.25) is 0 Å². The summed E-state index contributed by atoms with van der Waals surface area (Å²) in [7, 11) is 2.80. The lowest BCUT2D eigenvalue weighted by molar-refractivity contribution is -0.00588. The Kier molecular flexibility index (Phi) is 4.80. The minimum absolute atomic E-state index is 0.0879. The van der Waals surface area contributed by atoms with Gasteiger partial charge in [0.1, 0.15) is 0 Å². The first-order valence-corrected chi connectivity index (χ1v) is 8.62. The Morgan fingerprint density at radius 2 is 1.96 bits per heavy atom. The van der Waals surface area contributed by atoms with Crippen molar-refractivity contribution in [3.63, 3.8) is 0 Å². The highest BCUT2D eigenvalue weighted by molar-refractivity contribution is 7.22. The molecule has 1 saturated heterocycles. The molecule has 0 unspecified atom stereocenters. The van der Waals surface area contributed by atoms with Gasteiger partial charge in [0.25, 0.3) is 5.91 Å². The molecule has 3 heterocycles. The van der Waals surface area contributed by atoms with Crippen molar-refractivity contribution in [3.05, 3.63) is 16.5 Å². The Morgan fingerprint density at radius 3 is 2.52 bits per heavy atom. The Morgan fingerprint density at radius 1 is 1.30 bits per heavy atom. The maximum Gasteiger partial charge on any atom is 0.504 e. The Balaban J connectivity index is 1.83. The molecular weight excluding hydrogens is 315 g/mol. The van der Waals surface area contributed by atoms with Gasteiger partial charge in [-0.3, -0.25) is 9.69 Å². The predicted molar refractivity (Wildman–Crippen MR) is 90.2 cm³/mol. The molecule has 0 radical (unpaired) electrons. The molecule has 8 heteroatoms. The van der Waals surface area contributed by atoms with Crippen LogP contribution < -0.4 is 4.78 Å². The zero-order valence-electron chi connectivity index (χ0n) is 14.1. The van der Waals surface area contributed by atoms with E-state index < -0.39 is 7.12 Å². The number of morpholine rings is 1. The molecule has 0 atom stereocenters. The predicted octanol–water partition coefficient (Wildman–Crippen LogP) is 0.717. The van der Waals surface area contributed by atoms with Gasteiger partial charge >= 0.3 is 7.12 Å². The zero-order chi connectivity index (χ0) is 16.6. The summed E-state index contributed by atoms with van der Waals surface area (Å²) in [6.07, 6.45) is 0. The van der Waals surface area contributed by atoms with Gasteiger partial charge in [0.2, 0.25) is 0 Å². The van der Waals surface area contributed by atoms with Gasteiger partial charge in [0.05, 0.1) is 31.0 Å². The van der Waals surface area contributed by atoms with Crippen molar-refractivity contribution in [2.45, 2.75) is 19.4 Å². The van der Waals surface area contributed by atoms with E-state index >= 15 is 0 Å². The van der Waals surface area contributed by atoms with Crippen molar-refractivity contribution < 1.29 is 18.8 Å². The second kappa shape index (κ2) is 6.53. The van der Waals surface area contributed by atoms with Crippen molar-refractivity contribution >= 4 is 29.1 Å². The van der Waals surface area contributed by atoms with Crippen molar-refractivity contribution in [1.29, 1.82) is 0 Å². The molecule has 3 rings (SSSR count). The van der Waals surface area contributed by atoms with Crippen LogP contribution in [0.3, 0.4) is 0 Å². The molecule has 0 N–H and O–H groups in total. The van der Waals surface area contributed by atoms with Crippen molar-refractivity contribution in [2.75, 3.05) is 47.2 Å². The molecular formula is C15H23BN2O4S. The summed E-state index contributed by atoms with van der Waals surface area (Å²) in [6, 6.07) is 1.92. The summed E-state index contributed by atoms with van der Waals surface area (Å²) >= 11 is 1.60. The fraction of sp³-hybridized carbons (Fsp3) is 0.667. The molecule has 1 amide bonds. The molecule has 0 saturated carbocycles. The number of fused-ring (bicyclic) bond motifs is 1. The van der Waals surface area contributed by atoms with Gasteiger partial charge in [-0.1, -0.05) is 0 Å². The molecule has 1 aromatic rings. The fourth-order valence-corrected chi connectivity index (χ4v) is 4.49. The maximum atomic E-state index is 12.9. The largest absolute Gasteiger partial charge is 0.504 e. The second-order valence-corrected chi connectivity index (χ2v) is 7.44. The smallest absolute Gasteiger partial charge is 0.410 e. The van der Waals surface area contributed by atoms with Gasteiger partial charge in [-0.2, -0.15) is 0 Å². The van der Waals surface area contributed by atoms with Gasteiger partial charge in [-0.25, -0.2) is 0 Å². The van der Waals surface area contributed by atoms with Gasteiger partial charge in [-0.05, 0) is 19.9 Å². The summed E-state index contributed by atoms with van der Waals surface area (Å²) < 4.78 is 17.0. The Bertz CT molecular complexity index is 582. The highest BCUT2D eigenvalue weighted by atomic mass is 32.1. The third-order valence-electron chi connectivity index (χ3n) is 4.56. The number of nitrogens with zero attached hydrogens (tertiary/aromatic N) is 2. The number of carbonyl (C=O) groups is 1. The normalized spacial score (nSPS) is 20.9. The van der Waals surface area contributed by atoms with Crippen LogP contribution in [0.5, 0.6) is 0 Å². The first-order valence-electron chi connectivity index (χ1n) is 7.81. The third kappa shape index (κ3) is 2.94. The van der Waals surface area contributed by atoms with Crippen LogP contribution >= 0.6 is 11.3 Å². The molecule has 126 valence electrons. The molecule has 1 aromatic heterocycles. The maximum absolute atomic E-state index is 12.9. The third-order valence-corrected chi connectivity index (χ3v) is 6.03. The number of hydrogen-bond donors (Lipinski definition) is 0. The standard InChI is InChI=1S/C15H23BN2O4S/c1-15(2)13-11(9-12(23-13)16(20-3)21-4)14(19)18(15)10-17-5-7-22-8-6-17/h9H,5-8,10H2,1-4H3. The minimum atomic E-state index is -0.415. The van der Waals surface area contributed by atoms with E-state index in [1.807, 2.05) is 11.0 Å². The van der Waals surface area contributed by atoms with Gasteiger partial charge in [0, 0.05) is 37.0 Å². The highest BCUT2D eigenvalue weighted by Gasteiger charge is 2.46. The van der Waals surface area contributed by atoms with Crippen molar-refractivity contribution in [1.82, 2.24) is 9.80 Å². The summed E-state index contributed by atoms with van der Waals surface area (Å²) in [6.45, 7) is 8.06. The van der Waals surface area contributed by atoms with Crippen LogP contribution in [0.4, 0.5) is 0 Å². The number of thiophene rings is 1. The molecule has 0 aliphatic carbocycles. The van der Waals surface area contributed by atoms with Crippen LogP contribution in [0.15, 0.2) is 6.07 Å². The highest BCUT2D eigenvalue weighted by Crippen LogP contribution is 2.41. The molecule has 0 spiro atoms. The van der Waals surface area contributed by atoms with E-state index in [1.165, 1.54) is 0 Å². The van der Waals surface area contributed by atoms with E-state index in [1.54, 1.807) is 25.6 Å². The van der Waals surface area contributed by atoms with E-state index in [2.05, 4.69) is 18.7 Å². The molecule has 2 aliphatic heterocycles. The second-order valence-electron chi connectivity index (χ2n) is 6.36. The van der Waals surface area contributed by atoms with Crippen molar-refractivity contribution in [3.8, 4) is 0 Å². The van der Waals surface area contributed by atoms with Crippen LogP contribution in [-0.4, -0.2) is 70.0 Å². The molecule has 2 aliphatic rings. The summed E-state index contributed by atoms with van der Waals surface area (Å²) in [5.41, 5.74) is 0.460.